The molecule has 0 amide bonds. The van der Waals surface area contributed by atoms with Crippen LogP contribution < -0.4 is 0 Å². The minimum Gasteiger partial charge on any atom is -0.460 e. The highest BCUT2D eigenvalue weighted by Crippen LogP contribution is 2.34. The second-order valence-corrected chi connectivity index (χ2v) is 5.90. The Morgan fingerprint density at radius 1 is 1.26 bits per heavy atom. The number of aliphatic hydroxyl groups is 1. The summed E-state index contributed by atoms with van der Waals surface area (Å²) >= 11 is 0. The van der Waals surface area contributed by atoms with E-state index in [4.69, 9.17) is 4.74 Å². The molecule has 0 spiro atoms. The molecule has 0 saturated carbocycles. The molecular formula is C16H24O3. The van der Waals surface area contributed by atoms with E-state index in [1.807, 2.05) is 58.0 Å². The van der Waals surface area contributed by atoms with Gasteiger partial charge in [0, 0.05) is 0 Å². The Bertz CT molecular complexity index is 419. The molecule has 3 heteroatoms. The number of carbonyl (C=O) groups is 1. The first-order valence-corrected chi connectivity index (χ1v) is 6.71. The van der Waals surface area contributed by atoms with Crippen molar-refractivity contribution in [1.29, 1.82) is 0 Å². The van der Waals surface area contributed by atoms with Crippen LogP contribution >= 0.6 is 0 Å². The van der Waals surface area contributed by atoms with Gasteiger partial charge < -0.3 is 9.84 Å². The van der Waals surface area contributed by atoms with Gasteiger partial charge in [-0.2, -0.15) is 0 Å². The molecule has 2 atom stereocenters. The fourth-order valence-electron chi connectivity index (χ4n) is 2.07. The van der Waals surface area contributed by atoms with Crippen molar-refractivity contribution in [3.63, 3.8) is 0 Å². The molecule has 0 aliphatic carbocycles. The average Bonchev–Trinajstić information content (AvgIpc) is 2.36. The zero-order valence-corrected chi connectivity index (χ0v) is 12.4. The SMILES string of the molecule is CCC(O)(c1ccccc1)C(C)C(=O)OC(C)(C)C. The van der Waals surface area contributed by atoms with Crippen LogP contribution in [0.4, 0.5) is 0 Å². The Morgan fingerprint density at radius 3 is 2.21 bits per heavy atom. The predicted octanol–water partition coefficient (Wildman–Crippen LogP) is 3.26. The van der Waals surface area contributed by atoms with E-state index in [2.05, 4.69) is 0 Å². The average molecular weight is 264 g/mol. The first kappa shape index (κ1) is 15.7. The third-order valence-corrected chi connectivity index (χ3v) is 3.29. The molecule has 0 heterocycles. The molecule has 0 aliphatic rings. The maximum absolute atomic E-state index is 12.2. The lowest BCUT2D eigenvalue weighted by Gasteiger charge is -2.34. The first-order valence-electron chi connectivity index (χ1n) is 6.71. The third-order valence-electron chi connectivity index (χ3n) is 3.29. The van der Waals surface area contributed by atoms with Crippen LogP contribution in [0.2, 0.25) is 0 Å². The monoisotopic (exact) mass is 264 g/mol. The molecule has 1 aromatic carbocycles. The zero-order valence-electron chi connectivity index (χ0n) is 12.4. The number of hydrogen-bond donors (Lipinski definition) is 1. The molecule has 1 N–H and O–H groups in total. The van der Waals surface area contributed by atoms with Crippen molar-refractivity contribution >= 4 is 5.97 Å². The highest BCUT2D eigenvalue weighted by molar-refractivity contribution is 5.74. The van der Waals surface area contributed by atoms with Crippen molar-refractivity contribution in [2.45, 2.75) is 52.2 Å². The van der Waals surface area contributed by atoms with Crippen molar-refractivity contribution in [2.75, 3.05) is 0 Å². The molecule has 2 unspecified atom stereocenters. The van der Waals surface area contributed by atoms with Crippen LogP contribution in [0.25, 0.3) is 0 Å². The number of benzene rings is 1. The van der Waals surface area contributed by atoms with E-state index in [1.54, 1.807) is 6.92 Å². The van der Waals surface area contributed by atoms with Gasteiger partial charge in [-0.1, -0.05) is 37.3 Å². The lowest BCUT2D eigenvalue weighted by molar-refractivity contribution is -0.170. The van der Waals surface area contributed by atoms with Crippen LogP contribution in [0.3, 0.4) is 0 Å². The Morgan fingerprint density at radius 2 is 1.79 bits per heavy atom. The van der Waals surface area contributed by atoms with E-state index in [-0.39, 0.29) is 5.97 Å². The summed E-state index contributed by atoms with van der Waals surface area (Å²) in [5, 5.41) is 10.8. The molecule has 0 radical (unpaired) electrons. The van der Waals surface area contributed by atoms with E-state index in [9.17, 15) is 9.90 Å². The van der Waals surface area contributed by atoms with Crippen molar-refractivity contribution in [1.82, 2.24) is 0 Å². The fraction of sp³-hybridized carbons (Fsp3) is 0.562. The smallest absolute Gasteiger partial charge is 0.312 e. The predicted molar refractivity (Wildman–Crippen MR) is 75.6 cm³/mol. The summed E-state index contributed by atoms with van der Waals surface area (Å²) in [6.45, 7) is 9.06. The number of esters is 1. The topological polar surface area (TPSA) is 46.5 Å². The molecule has 0 saturated heterocycles. The second-order valence-electron chi connectivity index (χ2n) is 5.90. The van der Waals surface area contributed by atoms with Gasteiger partial charge >= 0.3 is 5.97 Å². The summed E-state index contributed by atoms with van der Waals surface area (Å²) in [6, 6.07) is 9.28. The van der Waals surface area contributed by atoms with Gasteiger partial charge in [0.05, 0.1) is 5.92 Å². The van der Waals surface area contributed by atoms with E-state index < -0.39 is 17.1 Å². The number of hydrogen-bond acceptors (Lipinski definition) is 3. The quantitative estimate of drug-likeness (QED) is 0.849. The number of carbonyl (C=O) groups excluding carboxylic acids is 1. The van der Waals surface area contributed by atoms with Gasteiger partial charge in [-0.25, -0.2) is 0 Å². The second kappa shape index (κ2) is 5.74. The van der Waals surface area contributed by atoms with E-state index in [0.29, 0.717) is 6.42 Å². The van der Waals surface area contributed by atoms with E-state index >= 15 is 0 Å². The summed E-state index contributed by atoms with van der Waals surface area (Å²) in [4.78, 5) is 12.2. The molecule has 0 aliphatic heterocycles. The van der Waals surface area contributed by atoms with Crippen LogP contribution in [0.15, 0.2) is 30.3 Å². The summed E-state index contributed by atoms with van der Waals surface area (Å²) in [7, 11) is 0. The van der Waals surface area contributed by atoms with Gasteiger partial charge in [-0.3, -0.25) is 4.79 Å². The van der Waals surface area contributed by atoms with Gasteiger partial charge in [0.25, 0.3) is 0 Å². The minimum absolute atomic E-state index is 0.374. The first-order chi connectivity index (χ1) is 8.70. The molecule has 106 valence electrons. The standard InChI is InChI=1S/C16H24O3/c1-6-16(18,13-10-8-7-9-11-13)12(2)14(17)19-15(3,4)5/h7-12,18H,6H2,1-5H3. The maximum Gasteiger partial charge on any atom is 0.312 e. The lowest BCUT2D eigenvalue weighted by atomic mass is 9.80. The Labute approximate surface area is 115 Å². The van der Waals surface area contributed by atoms with Crippen LogP contribution in [0.5, 0.6) is 0 Å². The lowest BCUT2D eigenvalue weighted by Crippen LogP contribution is -2.41. The molecule has 0 bridgehead atoms. The van der Waals surface area contributed by atoms with Crippen molar-refractivity contribution in [2.24, 2.45) is 5.92 Å². The van der Waals surface area contributed by atoms with E-state index in [0.717, 1.165) is 5.56 Å². The Balaban J connectivity index is 2.99. The van der Waals surface area contributed by atoms with Crippen molar-refractivity contribution < 1.29 is 14.6 Å². The largest absolute Gasteiger partial charge is 0.460 e. The third kappa shape index (κ3) is 3.80. The number of rotatable bonds is 4. The maximum atomic E-state index is 12.2. The van der Waals surface area contributed by atoms with Gasteiger partial charge in [0.2, 0.25) is 0 Å². The van der Waals surface area contributed by atoms with Gasteiger partial charge in [0.15, 0.2) is 0 Å². The normalized spacial score (nSPS) is 16.5. The van der Waals surface area contributed by atoms with Crippen LogP contribution in [0, 0.1) is 5.92 Å². The molecule has 1 aromatic rings. The summed E-state index contributed by atoms with van der Waals surface area (Å²) < 4.78 is 5.37. The minimum atomic E-state index is -1.19. The molecular weight excluding hydrogens is 240 g/mol. The zero-order chi connectivity index (χ0) is 14.7. The highest BCUT2D eigenvalue weighted by Gasteiger charge is 2.40. The molecule has 0 aromatic heterocycles. The molecule has 1 rings (SSSR count). The van der Waals surface area contributed by atoms with Crippen molar-refractivity contribution in [3.8, 4) is 0 Å². The van der Waals surface area contributed by atoms with Crippen LogP contribution in [0.1, 0.15) is 46.6 Å². The molecule has 0 fully saturated rings. The Kier molecular flexibility index (Phi) is 4.75. The Hall–Kier alpha value is -1.35. The molecule has 3 nitrogen and oxygen atoms in total. The van der Waals surface area contributed by atoms with E-state index in [1.165, 1.54) is 0 Å². The molecule has 19 heavy (non-hydrogen) atoms. The highest BCUT2D eigenvalue weighted by atomic mass is 16.6. The van der Waals surface area contributed by atoms with Crippen LogP contribution in [-0.4, -0.2) is 16.7 Å². The summed E-state index contributed by atoms with van der Waals surface area (Å²) in [6.07, 6.45) is 0.456. The van der Waals surface area contributed by atoms with Crippen LogP contribution in [-0.2, 0) is 15.1 Å². The summed E-state index contributed by atoms with van der Waals surface area (Å²) in [5.41, 5.74) is -0.990. The summed E-state index contributed by atoms with van der Waals surface area (Å²) in [5.74, 6) is -0.986. The number of ether oxygens (including phenoxy) is 1. The van der Waals surface area contributed by atoms with Gasteiger partial charge in [0.1, 0.15) is 11.2 Å². The van der Waals surface area contributed by atoms with Gasteiger partial charge in [-0.05, 0) is 39.7 Å². The van der Waals surface area contributed by atoms with Gasteiger partial charge in [-0.15, -0.1) is 0 Å². The van der Waals surface area contributed by atoms with Crippen molar-refractivity contribution in [3.05, 3.63) is 35.9 Å². The fourth-order valence-corrected chi connectivity index (χ4v) is 2.07.